The summed E-state index contributed by atoms with van der Waals surface area (Å²) in [5, 5.41) is 15.8. The van der Waals surface area contributed by atoms with E-state index in [0.717, 1.165) is 58.4 Å². The van der Waals surface area contributed by atoms with Gasteiger partial charge in [-0.3, -0.25) is 0 Å². The fourth-order valence-corrected chi connectivity index (χ4v) is 8.63. The molecule has 254 valence electrons. The molecule has 5 heterocycles. The number of phenolic OH excluding ortho intramolecular Hbond substituents is 1. The highest BCUT2D eigenvalue weighted by Crippen LogP contribution is 2.55. The molecular weight excluding hydrogens is 622 g/mol. The van der Waals surface area contributed by atoms with Gasteiger partial charge in [-0.1, -0.05) is 18.9 Å². The molecule has 4 fully saturated rings. The Balaban J connectivity index is 1.14. The average molecular weight is 665 g/mol. The van der Waals surface area contributed by atoms with E-state index in [-0.39, 0.29) is 51.6 Å². The van der Waals surface area contributed by atoms with E-state index in [1.54, 1.807) is 0 Å². The van der Waals surface area contributed by atoms with Crippen LogP contribution in [0.4, 0.5) is 14.6 Å². The van der Waals surface area contributed by atoms with Crippen LogP contribution in [0.2, 0.25) is 0 Å². The zero-order chi connectivity index (χ0) is 33.5. The molecule has 2 aliphatic carbocycles. The fourth-order valence-electron chi connectivity index (χ4n) is 8.63. The lowest BCUT2D eigenvalue weighted by molar-refractivity contribution is 0.115. The molecule has 4 aromatic rings. The molecule has 2 N–H and O–H groups in total. The smallest absolute Gasteiger partial charge is 0.319 e. The standard InChI is InChI=1S/C39H42F2N6O2/c1-3-24-20-47-25(19-42-24)6-8-30-32-35(33(41)34(43-30)28-18-26(48)17-23-5-7-29(40)27(4-2)31(23)28)44-37(45-36(32)47)49-22-39(11-12-39)21-46-15-13-38(9-10-38)14-16-46/h2,5,7,17-18,24-25,42,48H,3,6,8-16,19-22H2,1H3/t24-,25-/m1/s1. The number of hydrogen-bond donors (Lipinski definition) is 2. The second-order valence-electron chi connectivity index (χ2n) is 15.4. The zero-order valence-electron chi connectivity index (χ0n) is 28.0. The molecule has 2 atom stereocenters. The van der Waals surface area contributed by atoms with Crippen LogP contribution in [-0.2, 0) is 6.42 Å². The van der Waals surface area contributed by atoms with E-state index in [0.29, 0.717) is 46.1 Å². The van der Waals surface area contributed by atoms with E-state index < -0.39 is 11.6 Å². The van der Waals surface area contributed by atoms with Gasteiger partial charge in [0.25, 0.3) is 0 Å². The number of anilines is 1. The summed E-state index contributed by atoms with van der Waals surface area (Å²) in [5.74, 6) is 1.73. The van der Waals surface area contributed by atoms with Crippen LogP contribution in [0.25, 0.3) is 32.9 Å². The number of aromatic hydroxyl groups is 1. The predicted octanol–water partition coefficient (Wildman–Crippen LogP) is 6.35. The van der Waals surface area contributed by atoms with Crippen molar-refractivity contribution in [3.63, 3.8) is 0 Å². The molecule has 3 aliphatic heterocycles. The first-order valence-corrected chi connectivity index (χ1v) is 18.0. The number of fused-ring (bicyclic) bond motifs is 3. The summed E-state index contributed by atoms with van der Waals surface area (Å²) < 4.78 is 38.6. The van der Waals surface area contributed by atoms with Gasteiger partial charge in [0, 0.05) is 48.1 Å². The Bertz CT molecular complexity index is 2030. The minimum absolute atomic E-state index is 0.00314. The van der Waals surface area contributed by atoms with Crippen LogP contribution in [0.1, 0.15) is 69.5 Å². The van der Waals surface area contributed by atoms with Crippen LogP contribution in [0.15, 0.2) is 24.3 Å². The maximum absolute atomic E-state index is 17.1. The summed E-state index contributed by atoms with van der Waals surface area (Å²) in [6, 6.07) is 6.27. The highest BCUT2D eigenvalue weighted by atomic mass is 19.1. The topological polar surface area (TPSA) is 86.6 Å². The highest BCUT2D eigenvalue weighted by Gasteiger charge is 2.49. The van der Waals surface area contributed by atoms with Gasteiger partial charge in [0.2, 0.25) is 0 Å². The number of pyridine rings is 1. The Morgan fingerprint density at radius 3 is 2.61 bits per heavy atom. The molecular formula is C39H42F2N6O2. The molecule has 5 aliphatic rings. The molecule has 1 spiro atoms. The molecule has 0 amide bonds. The number of piperidine rings is 1. The lowest BCUT2D eigenvalue weighted by Crippen LogP contribution is -2.56. The SMILES string of the molecule is C#Cc1c(F)ccc2cc(O)cc(-c3nc4c5c(nc(OCC6(CN7CCC8(CC7)CC8)CC6)nc5c3F)N3C[C@@H](CC)NC[C@H]3CC4)c12. The van der Waals surface area contributed by atoms with Crippen LogP contribution in [-0.4, -0.2) is 76.4 Å². The maximum Gasteiger partial charge on any atom is 0.319 e. The summed E-state index contributed by atoms with van der Waals surface area (Å²) in [6.45, 7) is 7.48. The molecule has 2 aromatic carbocycles. The first-order valence-electron chi connectivity index (χ1n) is 18.0. The zero-order valence-corrected chi connectivity index (χ0v) is 28.0. The molecule has 8 nitrogen and oxygen atoms in total. The molecule has 0 radical (unpaired) electrons. The van der Waals surface area contributed by atoms with Gasteiger partial charge < -0.3 is 25.0 Å². The Morgan fingerprint density at radius 1 is 1.06 bits per heavy atom. The molecule has 9 rings (SSSR count). The van der Waals surface area contributed by atoms with Crippen molar-refractivity contribution < 1.29 is 18.6 Å². The Morgan fingerprint density at radius 2 is 1.88 bits per heavy atom. The summed E-state index contributed by atoms with van der Waals surface area (Å²) >= 11 is 0. The summed E-state index contributed by atoms with van der Waals surface area (Å²) in [7, 11) is 0. The largest absolute Gasteiger partial charge is 0.508 e. The number of hydrogen-bond acceptors (Lipinski definition) is 8. The van der Waals surface area contributed by atoms with Crippen molar-refractivity contribution in [3.8, 4) is 35.4 Å². The van der Waals surface area contributed by atoms with Crippen molar-refractivity contribution >= 4 is 27.5 Å². The number of nitrogens with one attached hydrogen (secondary N) is 1. The lowest BCUT2D eigenvalue weighted by atomic mass is 9.93. The molecule has 49 heavy (non-hydrogen) atoms. The second-order valence-corrected chi connectivity index (χ2v) is 15.4. The summed E-state index contributed by atoms with van der Waals surface area (Å²) in [4.78, 5) is 19.6. The Kier molecular flexibility index (Phi) is 7.26. The number of terminal acetylenes is 1. The van der Waals surface area contributed by atoms with Gasteiger partial charge in [0.05, 0.1) is 23.3 Å². The summed E-state index contributed by atoms with van der Waals surface area (Å²) in [5.41, 5.74) is 1.69. The molecule has 2 saturated carbocycles. The minimum atomic E-state index is -0.671. The van der Waals surface area contributed by atoms with Crippen molar-refractivity contribution in [2.75, 3.05) is 44.2 Å². The van der Waals surface area contributed by atoms with Crippen molar-refractivity contribution in [2.45, 2.75) is 76.8 Å². The van der Waals surface area contributed by atoms with Gasteiger partial charge >= 0.3 is 6.01 Å². The first kappa shape index (κ1) is 30.9. The minimum Gasteiger partial charge on any atom is -0.508 e. The van der Waals surface area contributed by atoms with Crippen LogP contribution in [0.5, 0.6) is 11.8 Å². The maximum atomic E-state index is 17.1. The number of ether oxygens (including phenoxy) is 1. The number of halogens is 2. The van der Waals surface area contributed by atoms with Gasteiger partial charge in [-0.15, -0.1) is 6.42 Å². The fraction of sp³-hybridized carbons (Fsp3) is 0.513. The van der Waals surface area contributed by atoms with Crippen LogP contribution >= 0.6 is 0 Å². The van der Waals surface area contributed by atoms with Crippen LogP contribution in [0, 0.1) is 34.8 Å². The number of rotatable bonds is 7. The third kappa shape index (κ3) is 5.37. The normalized spacial score (nSPS) is 23.7. The Labute approximate surface area is 285 Å². The van der Waals surface area contributed by atoms with Gasteiger partial charge in [-0.05, 0) is 99.9 Å². The quantitative estimate of drug-likeness (QED) is 0.221. The van der Waals surface area contributed by atoms with Gasteiger partial charge in [0.15, 0.2) is 5.82 Å². The number of nitrogens with zero attached hydrogens (tertiary/aromatic N) is 5. The molecule has 0 bridgehead atoms. The number of phenols is 1. The monoisotopic (exact) mass is 664 g/mol. The van der Waals surface area contributed by atoms with E-state index in [9.17, 15) is 5.11 Å². The number of likely N-dealkylation sites (tertiary alicyclic amines) is 1. The Hall–Kier alpha value is -4.07. The summed E-state index contributed by atoms with van der Waals surface area (Å²) in [6.07, 6.45) is 15.7. The number of piperazine rings is 1. The van der Waals surface area contributed by atoms with E-state index in [2.05, 4.69) is 28.0 Å². The van der Waals surface area contributed by atoms with Gasteiger partial charge in [-0.2, -0.15) is 9.97 Å². The van der Waals surface area contributed by atoms with Crippen molar-refractivity contribution in [1.82, 2.24) is 25.2 Å². The van der Waals surface area contributed by atoms with Gasteiger partial charge in [-0.25, -0.2) is 13.8 Å². The third-order valence-corrected chi connectivity index (χ3v) is 12.1. The number of aryl methyl sites for hydroxylation is 1. The highest BCUT2D eigenvalue weighted by molar-refractivity contribution is 6.03. The van der Waals surface area contributed by atoms with Crippen molar-refractivity contribution in [3.05, 3.63) is 47.2 Å². The predicted molar refractivity (Wildman–Crippen MR) is 186 cm³/mol. The molecule has 2 saturated heterocycles. The third-order valence-electron chi connectivity index (χ3n) is 12.1. The first-order chi connectivity index (χ1) is 23.8. The van der Waals surface area contributed by atoms with Crippen LogP contribution in [0.3, 0.4) is 0 Å². The van der Waals surface area contributed by atoms with E-state index in [1.807, 2.05) is 0 Å². The molecule has 2 aromatic heterocycles. The van der Waals surface area contributed by atoms with Crippen molar-refractivity contribution in [1.29, 1.82) is 0 Å². The second kappa shape index (κ2) is 11.5. The van der Waals surface area contributed by atoms with E-state index in [4.69, 9.17) is 26.1 Å². The van der Waals surface area contributed by atoms with Crippen molar-refractivity contribution in [2.24, 2.45) is 10.8 Å². The van der Waals surface area contributed by atoms with E-state index >= 15 is 8.78 Å². The number of benzene rings is 2. The van der Waals surface area contributed by atoms with Gasteiger partial charge in [0.1, 0.15) is 28.6 Å². The molecule has 0 unspecified atom stereocenters. The van der Waals surface area contributed by atoms with Crippen LogP contribution < -0.4 is 15.0 Å². The number of aromatic nitrogens is 3. The van der Waals surface area contributed by atoms with E-state index in [1.165, 1.54) is 49.9 Å². The molecule has 10 heteroatoms. The average Bonchev–Trinajstić information content (AvgIpc) is 4.05. The lowest BCUT2D eigenvalue weighted by Gasteiger charge is -2.40.